The first-order chi connectivity index (χ1) is 9.84. The van der Waals surface area contributed by atoms with Gasteiger partial charge in [-0.15, -0.1) is 0 Å². The van der Waals surface area contributed by atoms with Crippen LogP contribution < -0.4 is 0 Å². The summed E-state index contributed by atoms with van der Waals surface area (Å²) in [6.07, 6.45) is 16.2. The summed E-state index contributed by atoms with van der Waals surface area (Å²) in [5.74, 6) is 1.97. The van der Waals surface area contributed by atoms with Crippen molar-refractivity contribution in [2.24, 2.45) is 11.8 Å². The zero-order valence-corrected chi connectivity index (χ0v) is 12.9. The molecule has 1 heterocycles. The van der Waals surface area contributed by atoms with Crippen molar-refractivity contribution in [3.8, 4) is 6.07 Å². The van der Waals surface area contributed by atoms with Crippen LogP contribution in [-0.4, -0.2) is 23.5 Å². The number of hydrogen-bond acceptors (Lipinski definition) is 2. The lowest BCUT2D eigenvalue weighted by Gasteiger charge is -2.46. The average molecular weight is 274 g/mol. The Morgan fingerprint density at radius 1 is 0.750 bits per heavy atom. The minimum atomic E-state index is -0.0875. The van der Waals surface area contributed by atoms with Crippen LogP contribution in [0.3, 0.4) is 0 Å². The fourth-order valence-electron chi connectivity index (χ4n) is 5.04. The maximum atomic E-state index is 9.72. The largest absolute Gasteiger partial charge is 0.286 e. The van der Waals surface area contributed by atoms with Gasteiger partial charge in [-0.25, -0.2) is 0 Å². The highest BCUT2D eigenvalue weighted by molar-refractivity contribution is 5.10. The minimum absolute atomic E-state index is 0.0875. The molecule has 0 amide bonds. The van der Waals surface area contributed by atoms with Crippen LogP contribution in [0.1, 0.15) is 77.0 Å². The monoisotopic (exact) mass is 274 g/mol. The SMILES string of the molecule is N#CC1(N2CCC(C3CCCCC3)CC2)CCCCC1. The molecule has 0 radical (unpaired) electrons. The molecular weight excluding hydrogens is 244 g/mol. The molecule has 112 valence electrons. The second kappa shape index (κ2) is 6.48. The van der Waals surface area contributed by atoms with Crippen molar-refractivity contribution in [2.75, 3.05) is 13.1 Å². The maximum absolute atomic E-state index is 9.72. The van der Waals surface area contributed by atoms with E-state index in [0.717, 1.165) is 24.7 Å². The second-order valence-corrected chi connectivity index (χ2v) is 7.43. The van der Waals surface area contributed by atoms with Gasteiger partial charge in [-0.3, -0.25) is 4.90 Å². The lowest BCUT2D eigenvalue weighted by Crippen LogP contribution is -2.52. The van der Waals surface area contributed by atoms with Crippen LogP contribution in [0, 0.1) is 23.2 Å². The number of nitriles is 1. The number of hydrogen-bond donors (Lipinski definition) is 0. The van der Waals surface area contributed by atoms with Gasteiger partial charge >= 0.3 is 0 Å². The first kappa shape index (κ1) is 14.4. The van der Waals surface area contributed by atoms with Crippen LogP contribution in [0.4, 0.5) is 0 Å². The molecule has 1 aliphatic heterocycles. The molecule has 2 heteroatoms. The van der Waals surface area contributed by atoms with Gasteiger partial charge in [0.15, 0.2) is 0 Å². The fraction of sp³-hybridized carbons (Fsp3) is 0.944. The molecule has 0 spiro atoms. The molecule has 3 aliphatic rings. The summed E-state index contributed by atoms with van der Waals surface area (Å²) >= 11 is 0. The molecule has 20 heavy (non-hydrogen) atoms. The highest BCUT2D eigenvalue weighted by Crippen LogP contribution is 2.40. The third kappa shape index (κ3) is 2.89. The molecule has 0 atom stereocenters. The van der Waals surface area contributed by atoms with Gasteiger partial charge in [-0.05, 0) is 50.6 Å². The summed E-state index contributed by atoms with van der Waals surface area (Å²) in [6, 6.07) is 2.71. The predicted molar refractivity (Wildman–Crippen MR) is 82.3 cm³/mol. The molecular formula is C18H30N2. The minimum Gasteiger partial charge on any atom is -0.286 e. The Hall–Kier alpha value is -0.550. The van der Waals surface area contributed by atoms with Gasteiger partial charge in [0.2, 0.25) is 0 Å². The van der Waals surface area contributed by atoms with Crippen LogP contribution in [0.15, 0.2) is 0 Å². The van der Waals surface area contributed by atoms with Gasteiger partial charge < -0.3 is 0 Å². The summed E-state index contributed by atoms with van der Waals surface area (Å²) in [5.41, 5.74) is -0.0875. The van der Waals surface area contributed by atoms with Crippen LogP contribution in [0.2, 0.25) is 0 Å². The summed E-state index contributed by atoms with van der Waals surface area (Å²) in [7, 11) is 0. The zero-order chi connectivity index (χ0) is 13.8. The van der Waals surface area contributed by atoms with Crippen molar-refractivity contribution >= 4 is 0 Å². The third-order valence-corrected chi connectivity index (χ3v) is 6.35. The quantitative estimate of drug-likeness (QED) is 0.741. The number of likely N-dealkylation sites (tertiary alicyclic amines) is 1. The molecule has 3 rings (SSSR count). The lowest BCUT2D eigenvalue weighted by atomic mass is 9.74. The van der Waals surface area contributed by atoms with E-state index < -0.39 is 0 Å². The summed E-state index contributed by atoms with van der Waals surface area (Å²) < 4.78 is 0. The Bertz CT molecular complexity index is 337. The van der Waals surface area contributed by atoms with Crippen molar-refractivity contribution in [1.82, 2.24) is 4.90 Å². The van der Waals surface area contributed by atoms with Gasteiger partial charge in [0, 0.05) is 0 Å². The van der Waals surface area contributed by atoms with E-state index in [9.17, 15) is 5.26 Å². The normalized spacial score (nSPS) is 29.9. The van der Waals surface area contributed by atoms with Crippen LogP contribution in [0.25, 0.3) is 0 Å². The van der Waals surface area contributed by atoms with E-state index >= 15 is 0 Å². The Morgan fingerprint density at radius 3 is 1.90 bits per heavy atom. The number of nitrogens with zero attached hydrogens (tertiary/aromatic N) is 2. The van der Waals surface area contributed by atoms with Crippen molar-refractivity contribution in [3.63, 3.8) is 0 Å². The molecule has 3 fully saturated rings. The van der Waals surface area contributed by atoms with Gasteiger partial charge in [0.25, 0.3) is 0 Å². The van der Waals surface area contributed by atoms with E-state index in [2.05, 4.69) is 11.0 Å². The number of piperidine rings is 1. The Balaban J connectivity index is 1.56. The summed E-state index contributed by atoms with van der Waals surface area (Å²) in [4.78, 5) is 2.56. The summed E-state index contributed by atoms with van der Waals surface area (Å²) in [6.45, 7) is 2.38. The topological polar surface area (TPSA) is 27.0 Å². The van der Waals surface area contributed by atoms with Crippen molar-refractivity contribution < 1.29 is 0 Å². The second-order valence-electron chi connectivity index (χ2n) is 7.43. The first-order valence-electron chi connectivity index (χ1n) is 9.00. The van der Waals surface area contributed by atoms with Crippen LogP contribution in [-0.2, 0) is 0 Å². The highest BCUT2D eigenvalue weighted by atomic mass is 15.2. The van der Waals surface area contributed by atoms with Gasteiger partial charge in [0.1, 0.15) is 5.54 Å². The predicted octanol–water partition coefficient (Wildman–Crippen LogP) is 4.51. The third-order valence-electron chi connectivity index (χ3n) is 6.35. The standard InChI is InChI=1S/C18H30N2/c19-15-18(11-5-2-6-12-18)20-13-9-17(10-14-20)16-7-3-1-4-8-16/h16-17H,1-14H2. The van der Waals surface area contributed by atoms with Crippen molar-refractivity contribution in [3.05, 3.63) is 0 Å². The van der Waals surface area contributed by atoms with E-state index in [4.69, 9.17) is 0 Å². The molecule has 0 aromatic heterocycles. The molecule has 0 bridgehead atoms. The molecule has 0 N–H and O–H groups in total. The maximum Gasteiger partial charge on any atom is 0.109 e. The lowest BCUT2D eigenvalue weighted by molar-refractivity contribution is 0.0423. The molecule has 0 unspecified atom stereocenters. The van der Waals surface area contributed by atoms with Crippen LogP contribution >= 0.6 is 0 Å². The summed E-state index contributed by atoms with van der Waals surface area (Å²) in [5, 5.41) is 9.72. The Kier molecular flexibility index (Phi) is 4.66. The van der Waals surface area contributed by atoms with E-state index in [-0.39, 0.29) is 5.54 Å². The van der Waals surface area contributed by atoms with Crippen LogP contribution in [0.5, 0.6) is 0 Å². The van der Waals surface area contributed by atoms with Crippen molar-refractivity contribution in [1.29, 1.82) is 5.26 Å². The Morgan fingerprint density at radius 2 is 1.30 bits per heavy atom. The van der Waals surface area contributed by atoms with Gasteiger partial charge in [0.05, 0.1) is 6.07 Å². The molecule has 1 saturated heterocycles. The highest BCUT2D eigenvalue weighted by Gasteiger charge is 2.40. The van der Waals surface area contributed by atoms with E-state index in [1.807, 2.05) is 0 Å². The number of rotatable bonds is 2. The van der Waals surface area contributed by atoms with E-state index in [1.54, 1.807) is 0 Å². The molecule has 2 saturated carbocycles. The first-order valence-corrected chi connectivity index (χ1v) is 9.00. The van der Waals surface area contributed by atoms with Gasteiger partial charge in [-0.2, -0.15) is 5.26 Å². The average Bonchev–Trinajstić information content (AvgIpc) is 2.56. The smallest absolute Gasteiger partial charge is 0.109 e. The molecule has 0 aromatic carbocycles. The Labute approximate surface area is 124 Å². The molecule has 2 aliphatic carbocycles. The van der Waals surface area contributed by atoms with Crippen molar-refractivity contribution in [2.45, 2.75) is 82.6 Å². The molecule has 0 aromatic rings. The molecule has 2 nitrogen and oxygen atoms in total. The fourth-order valence-corrected chi connectivity index (χ4v) is 5.04. The van der Waals surface area contributed by atoms with E-state index in [1.165, 1.54) is 77.3 Å². The van der Waals surface area contributed by atoms with Gasteiger partial charge in [-0.1, -0.05) is 51.4 Å². The zero-order valence-electron chi connectivity index (χ0n) is 12.9. The van der Waals surface area contributed by atoms with E-state index in [0.29, 0.717) is 0 Å².